The van der Waals surface area contributed by atoms with E-state index >= 15 is 0 Å². The lowest BCUT2D eigenvalue weighted by atomic mass is 9.41. The maximum atomic E-state index is 2.77. The second kappa shape index (κ2) is 15.4. The molecular weight excluding hydrogens is 625 g/mol. The van der Waals surface area contributed by atoms with Crippen molar-refractivity contribution in [2.45, 2.75) is 191 Å². The predicted octanol–water partition coefficient (Wildman–Crippen LogP) is 15.2. The van der Waals surface area contributed by atoms with Gasteiger partial charge in [-0.15, -0.1) is 0 Å². The molecule has 0 aromatic carbocycles. The molecule has 0 heteroatoms. The van der Waals surface area contributed by atoms with E-state index in [1.165, 1.54) is 32.1 Å². The fourth-order valence-corrected chi connectivity index (χ4v) is 19.8. The average molecular weight is 715 g/mol. The van der Waals surface area contributed by atoms with Crippen molar-refractivity contribution in [3.05, 3.63) is 0 Å². The molecule has 8 rings (SSSR count). The van der Waals surface area contributed by atoms with E-state index in [2.05, 4.69) is 69.2 Å². The van der Waals surface area contributed by atoms with Gasteiger partial charge in [-0.2, -0.15) is 0 Å². The summed E-state index contributed by atoms with van der Waals surface area (Å²) in [6.07, 6.45) is 29.7. The lowest BCUT2D eigenvalue weighted by Gasteiger charge is -2.63. The van der Waals surface area contributed by atoms with Gasteiger partial charge in [0.05, 0.1) is 0 Å². The molecule has 8 aliphatic carbocycles. The van der Waals surface area contributed by atoms with Gasteiger partial charge in [-0.25, -0.2) is 0 Å². The third-order valence-electron chi connectivity index (χ3n) is 21.2. The van der Waals surface area contributed by atoms with Crippen molar-refractivity contribution in [2.24, 2.45) is 136 Å². The lowest BCUT2D eigenvalue weighted by Crippen LogP contribution is -2.57. The van der Waals surface area contributed by atoms with Crippen molar-refractivity contribution in [3.63, 3.8) is 0 Å². The zero-order valence-corrected chi connectivity index (χ0v) is 36.6. The monoisotopic (exact) mass is 715 g/mol. The summed E-state index contributed by atoms with van der Waals surface area (Å²) < 4.78 is 0. The van der Waals surface area contributed by atoms with E-state index in [0.29, 0.717) is 5.41 Å². The van der Waals surface area contributed by atoms with Crippen molar-refractivity contribution in [3.8, 4) is 0 Å². The fraction of sp³-hybridized carbons (Fsp3) is 1.00. The van der Waals surface area contributed by atoms with Gasteiger partial charge in [0.25, 0.3) is 0 Å². The molecule has 0 saturated heterocycles. The molecule has 8 saturated carbocycles. The third kappa shape index (κ3) is 6.04. The highest BCUT2D eigenvalue weighted by Crippen LogP contribution is 2.80. The van der Waals surface area contributed by atoms with Crippen LogP contribution in [0.3, 0.4) is 0 Å². The molecule has 1 spiro atoms. The molecule has 0 aliphatic heterocycles. The molecule has 0 aromatic heterocycles. The van der Waals surface area contributed by atoms with Crippen molar-refractivity contribution >= 4 is 0 Å². The molecule has 298 valence electrons. The second-order valence-electron chi connectivity index (χ2n) is 23.3. The summed E-state index contributed by atoms with van der Waals surface area (Å²) >= 11 is 0. The zero-order valence-electron chi connectivity index (χ0n) is 36.6. The first kappa shape index (κ1) is 38.9. The summed E-state index contributed by atoms with van der Waals surface area (Å²) in [7, 11) is 0. The summed E-state index contributed by atoms with van der Waals surface area (Å²) in [5.41, 5.74) is 0.583. The Morgan fingerprint density at radius 3 is 1.67 bits per heavy atom. The smallest absolute Gasteiger partial charge is 0.0196 e. The van der Waals surface area contributed by atoms with Crippen LogP contribution in [0.4, 0.5) is 0 Å². The summed E-state index contributed by atoms with van der Waals surface area (Å²) in [5, 5.41) is 0. The number of hydrogen-bond acceptors (Lipinski definition) is 0. The zero-order chi connectivity index (χ0) is 36.6. The molecule has 0 bridgehead atoms. The quantitative estimate of drug-likeness (QED) is 0.223. The fourth-order valence-electron chi connectivity index (χ4n) is 19.8. The lowest BCUT2D eigenvalue weighted by molar-refractivity contribution is -0.153. The van der Waals surface area contributed by atoms with Gasteiger partial charge < -0.3 is 0 Å². The Hall–Kier alpha value is 0. The Morgan fingerprint density at radius 2 is 1.06 bits per heavy atom. The van der Waals surface area contributed by atoms with Gasteiger partial charge in [0.1, 0.15) is 0 Å². The first-order valence-electron chi connectivity index (χ1n) is 25.1. The van der Waals surface area contributed by atoms with Gasteiger partial charge in [0.15, 0.2) is 0 Å². The molecule has 8 aliphatic rings. The van der Waals surface area contributed by atoms with Gasteiger partial charge in [-0.1, -0.05) is 133 Å². The molecule has 0 aromatic rings. The van der Waals surface area contributed by atoms with Crippen molar-refractivity contribution < 1.29 is 0 Å². The molecular formula is C52H90. The summed E-state index contributed by atoms with van der Waals surface area (Å²) in [5.74, 6) is 22.0. The van der Waals surface area contributed by atoms with Crippen molar-refractivity contribution in [1.82, 2.24) is 0 Å². The Bertz CT molecular complexity index is 1170. The van der Waals surface area contributed by atoms with E-state index in [1.807, 2.05) is 0 Å². The Morgan fingerprint density at radius 1 is 0.462 bits per heavy atom. The highest BCUT2D eigenvalue weighted by atomic mass is 14.8. The molecule has 0 amide bonds. The Balaban J connectivity index is 1.32. The maximum Gasteiger partial charge on any atom is -0.0196 e. The van der Waals surface area contributed by atoms with E-state index in [9.17, 15) is 0 Å². The molecule has 0 N–H and O–H groups in total. The minimum atomic E-state index is 0.583. The van der Waals surface area contributed by atoms with E-state index in [0.717, 1.165) is 130 Å². The van der Waals surface area contributed by atoms with Crippen molar-refractivity contribution in [2.75, 3.05) is 0 Å². The highest BCUT2D eigenvalue weighted by molar-refractivity contribution is 5.22. The van der Waals surface area contributed by atoms with Crippen LogP contribution < -0.4 is 0 Å². The average Bonchev–Trinajstić information content (AvgIpc) is 3.63. The normalized spacial score (nSPS) is 50.0. The maximum absolute atomic E-state index is 2.77. The first-order chi connectivity index (χ1) is 25.1. The minimum absolute atomic E-state index is 0.583. The predicted molar refractivity (Wildman–Crippen MR) is 224 cm³/mol. The summed E-state index contributed by atoms with van der Waals surface area (Å²) in [6.45, 7) is 26.8. The van der Waals surface area contributed by atoms with Crippen LogP contribution in [0.25, 0.3) is 0 Å². The van der Waals surface area contributed by atoms with Gasteiger partial charge in [0, 0.05) is 0 Å². The van der Waals surface area contributed by atoms with Gasteiger partial charge in [0.2, 0.25) is 0 Å². The molecule has 8 fully saturated rings. The second-order valence-corrected chi connectivity index (χ2v) is 23.3. The first-order valence-corrected chi connectivity index (χ1v) is 25.1. The largest absolute Gasteiger partial charge is 0.0651 e. The molecule has 52 heavy (non-hydrogen) atoms. The van der Waals surface area contributed by atoms with E-state index < -0.39 is 0 Å². The molecule has 0 heterocycles. The van der Waals surface area contributed by atoms with Crippen LogP contribution >= 0.6 is 0 Å². The number of hydrogen-bond donors (Lipinski definition) is 0. The van der Waals surface area contributed by atoms with Crippen LogP contribution in [0.15, 0.2) is 0 Å². The highest BCUT2D eigenvalue weighted by Gasteiger charge is 2.74. The number of rotatable bonds is 9. The van der Waals surface area contributed by atoms with E-state index in [1.54, 1.807) is 89.9 Å². The van der Waals surface area contributed by atoms with Crippen LogP contribution in [-0.2, 0) is 0 Å². The Kier molecular flexibility index (Phi) is 11.5. The summed E-state index contributed by atoms with van der Waals surface area (Å²) in [6, 6.07) is 0. The van der Waals surface area contributed by atoms with Crippen LogP contribution in [0.2, 0.25) is 0 Å². The topological polar surface area (TPSA) is 0 Å². The van der Waals surface area contributed by atoms with Crippen LogP contribution in [0.1, 0.15) is 191 Å². The molecule has 18 atom stereocenters. The standard InChI is InChI=1S/C52H90/c1-11-33(12-2)38-26-44(34(13-3)14-4)50(32(9)10)52(29-38)47-28-41(30(5)6)39-21-17-18-22-40(39)48(47)49-46-25-37-23-35-19-15-16-20-36(35)24-43(37)45(46)27-42(31(7)8)51(49)52/h30-51H,11-29H2,1-10H3. The van der Waals surface area contributed by atoms with E-state index in [4.69, 9.17) is 0 Å². The number of fused-ring (bicyclic) bond motifs is 12. The molecule has 18 unspecified atom stereocenters. The van der Waals surface area contributed by atoms with E-state index in [-0.39, 0.29) is 0 Å². The SMILES string of the molecule is CCC(CC)C1CC(C(CC)CC)C(C(C)C)C2(C1)C1CC(C(C)C)C3CCCCC3C1C1C3CC4CC5CCCCC5CC4C3CC(C(C)C)C12. The van der Waals surface area contributed by atoms with Crippen LogP contribution in [-0.4, -0.2) is 0 Å². The van der Waals surface area contributed by atoms with Crippen LogP contribution in [0, 0.1) is 136 Å². The van der Waals surface area contributed by atoms with Gasteiger partial charge in [-0.3, -0.25) is 0 Å². The summed E-state index contributed by atoms with van der Waals surface area (Å²) in [4.78, 5) is 0. The Labute approximate surface area is 325 Å². The van der Waals surface area contributed by atoms with Crippen LogP contribution in [0.5, 0.6) is 0 Å². The van der Waals surface area contributed by atoms with Gasteiger partial charge >= 0.3 is 0 Å². The van der Waals surface area contributed by atoms with Gasteiger partial charge in [-0.05, 0) is 193 Å². The van der Waals surface area contributed by atoms with Crippen molar-refractivity contribution in [1.29, 1.82) is 0 Å². The minimum Gasteiger partial charge on any atom is -0.0651 e. The molecule has 0 nitrogen and oxygen atoms in total. The molecule has 0 radical (unpaired) electrons. The third-order valence-corrected chi connectivity index (χ3v) is 21.2.